The summed E-state index contributed by atoms with van der Waals surface area (Å²) in [6.45, 7) is 8.07. The standard InChI is InChI=1S/C21H29N3O2/c1-16(18-7-5-4-6-8-18)24-21(2,3)15-23-13-17-9-11-19(12-10-17)26-14-20(22)25/h4-12,16,23-24H,13-15H2,1-3H3,(H2,22,25). The van der Waals surface area contributed by atoms with Gasteiger partial charge in [-0.05, 0) is 44.0 Å². The first-order valence-corrected chi connectivity index (χ1v) is 8.89. The third kappa shape index (κ3) is 6.86. The molecule has 0 aliphatic heterocycles. The van der Waals surface area contributed by atoms with Crippen LogP contribution in [-0.2, 0) is 11.3 Å². The number of carbonyl (C=O) groups excluding carboxylic acids is 1. The maximum absolute atomic E-state index is 10.7. The molecule has 0 bridgehead atoms. The van der Waals surface area contributed by atoms with E-state index in [0.717, 1.165) is 18.7 Å². The molecule has 1 unspecified atom stereocenters. The Kier molecular flexibility index (Phi) is 7.18. The minimum atomic E-state index is -0.477. The Balaban J connectivity index is 1.77. The molecule has 4 N–H and O–H groups in total. The molecule has 0 aromatic heterocycles. The Morgan fingerprint density at radius 2 is 1.77 bits per heavy atom. The fourth-order valence-electron chi connectivity index (χ4n) is 2.84. The highest BCUT2D eigenvalue weighted by Gasteiger charge is 2.20. The molecule has 0 saturated carbocycles. The quantitative estimate of drug-likeness (QED) is 0.612. The molecule has 1 atom stereocenters. The van der Waals surface area contributed by atoms with E-state index in [1.165, 1.54) is 5.56 Å². The van der Waals surface area contributed by atoms with Crippen molar-refractivity contribution >= 4 is 5.91 Å². The first kappa shape index (κ1) is 19.9. The van der Waals surface area contributed by atoms with Crippen LogP contribution in [-0.4, -0.2) is 24.6 Å². The van der Waals surface area contributed by atoms with Crippen molar-refractivity contribution in [1.29, 1.82) is 0 Å². The number of nitrogens with two attached hydrogens (primary N) is 1. The first-order chi connectivity index (χ1) is 12.4. The summed E-state index contributed by atoms with van der Waals surface area (Å²) >= 11 is 0. The summed E-state index contributed by atoms with van der Waals surface area (Å²) in [6.07, 6.45) is 0. The van der Waals surface area contributed by atoms with Gasteiger partial charge in [0, 0.05) is 24.7 Å². The van der Waals surface area contributed by atoms with E-state index in [2.05, 4.69) is 55.7 Å². The lowest BCUT2D eigenvalue weighted by atomic mass is 10.0. The van der Waals surface area contributed by atoms with E-state index < -0.39 is 5.91 Å². The van der Waals surface area contributed by atoms with Gasteiger partial charge in [0.25, 0.3) is 5.91 Å². The molecule has 26 heavy (non-hydrogen) atoms. The van der Waals surface area contributed by atoms with E-state index in [1.807, 2.05) is 30.3 Å². The van der Waals surface area contributed by atoms with E-state index >= 15 is 0 Å². The topological polar surface area (TPSA) is 76.4 Å². The van der Waals surface area contributed by atoms with E-state index in [0.29, 0.717) is 5.75 Å². The molecule has 2 rings (SSSR count). The van der Waals surface area contributed by atoms with Gasteiger partial charge in [-0.25, -0.2) is 0 Å². The van der Waals surface area contributed by atoms with Gasteiger partial charge in [-0.1, -0.05) is 42.5 Å². The maximum atomic E-state index is 10.7. The van der Waals surface area contributed by atoms with Crippen molar-refractivity contribution in [3.05, 3.63) is 65.7 Å². The van der Waals surface area contributed by atoms with Gasteiger partial charge in [-0.15, -0.1) is 0 Å². The number of hydrogen-bond acceptors (Lipinski definition) is 4. The molecule has 2 aromatic carbocycles. The Bertz CT molecular complexity index is 684. The molecule has 2 aromatic rings. The van der Waals surface area contributed by atoms with Crippen molar-refractivity contribution in [3.8, 4) is 5.75 Å². The van der Waals surface area contributed by atoms with Crippen molar-refractivity contribution in [2.75, 3.05) is 13.2 Å². The second-order valence-electron chi connectivity index (χ2n) is 7.16. The molecule has 5 nitrogen and oxygen atoms in total. The van der Waals surface area contributed by atoms with Crippen molar-refractivity contribution < 1.29 is 9.53 Å². The van der Waals surface area contributed by atoms with Crippen molar-refractivity contribution in [1.82, 2.24) is 10.6 Å². The Hall–Kier alpha value is -2.37. The Labute approximate surface area is 155 Å². The monoisotopic (exact) mass is 355 g/mol. The van der Waals surface area contributed by atoms with Crippen molar-refractivity contribution in [3.63, 3.8) is 0 Å². The fourth-order valence-corrected chi connectivity index (χ4v) is 2.84. The van der Waals surface area contributed by atoms with Gasteiger partial charge in [0.15, 0.2) is 6.61 Å². The van der Waals surface area contributed by atoms with Crippen LogP contribution in [0.4, 0.5) is 0 Å². The second-order valence-corrected chi connectivity index (χ2v) is 7.16. The number of ether oxygens (including phenoxy) is 1. The number of nitrogens with one attached hydrogen (secondary N) is 2. The predicted octanol–water partition coefficient (Wildman–Crippen LogP) is 2.77. The lowest BCUT2D eigenvalue weighted by Crippen LogP contribution is -2.48. The number of rotatable bonds is 10. The van der Waals surface area contributed by atoms with Gasteiger partial charge in [-0.2, -0.15) is 0 Å². The van der Waals surface area contributed by atoms with Crippen LogP contribution in [0.25, 0.3) is 0 Å². The third-order valence-electron chi connectivity index (χ3n) is 4.11. The molecule has 140 valence electrons. The van der Waals surface area contributed by atoms with Gasteiger partial charge in [-0.3, -0.25) is 4.79 Å². The normalized spacial score (nSPS) is 12.6. The summed E-state index contributed by atoms with van der Waals surface area (Å²) in [7, 11) is 0. The number of benzene rings is 2. The van der Waals surface area contributed by atoms with Crippen LogP contribution >= 0.6 is 0 Å². The van der Waals surface area contributed by atoms with Crippen LogP contribution in [0.1, 0.15) is 37.9 Å². The van der Waals surface area contributed by atoms with E-state index in [9.17, 15) is 4.79 Å². The smallest absolute Gasteiger partial charge is 0.255 e. The molecule has 0 aliphatic rings. The summed E-state index contributed by atoms with van der Waals surface area (Å²) < 4.78 is 5.26. The molecule has 0 saturated heterocycles. The molecule has 1 amide bonds. The van der Waals surface area contributed by atoms with Crippen LogP contribution in [0, 0.1) is 0 Å². The number of primary amides is 1. The Morgan fingerprint density at radius 3 is 2.38 bits per heavy atom. The molecule has 0 aliphatic carbocycles. The van der Waals surface area contributed by atoms with Crippen LogP contribution in [0.3, 0.4) is 0 Å². The van der Waals surface area contributed by atoms with Crippen molar-refractivity contribution in [2.24, 2.45) is 5.73 Å². The molecular weight excluding hydrogens is 326 g/mol. The van der Waals surface area contributed by atoms with Crippen molar-refractivity contribution in [2.45, 2.75) is 38.9 Å². The zero-order valence-corrected chi connectivity index (χ0v) is 15.8. The van der Waals surface area contributed by atoms with E-state index in [-0.39, 0.29) is 18.2 Å². The minimum Gasteiger partial charge on any atom is -0.484 e. The SMILES string of the molecule is CC(NC(C)(C)CNCc1ccc(OCC(N)=O)cc1)c1ccccc1. The second kappa shape index (κ2) is 9.36. The molecule has 5 heteroatoms. The number of amides is 1. The predicted molar refractivity (Wildman–Crippen MR) is 105 cm³/mol. The van der Waals surface area contributed by atoms with Gasteiger partial charge in [0.1, 0.15) is 5.75 Å². The maximum Gasteiger partial charge on any atom is 0.255 e. The highest BCUT2D eigenvalue weighted by atomic mass is 16.5. The molecule has 0 spiro atoms. The molecule has 0 radical (unpaired) electrons. The lowest BCUT2D eigenvalue weighted by Gasteiger charge is -2.31. The summed E-state index contributed by atoms with van der Waals surface area (Å²) in [5.41, 5.74) is 7.47. The zero-order valence-electron chi connectivity index (χ0n) is 15.8. The van der Waals surface area contributed by atoms with E-state index in [1.54, 1.807) is 0 Å². The first-order valence-electron chi connectivity index (χ1n) is 8.89. The third-order valence-corrected chi connectivity index (χ3v) is 4.11. The average Bonchev–Trinajstić information content (AvgIpc) is 2.61. The summed E-state index contributed by atoms with van der Waals surface area (Å²) in [5.74, 6) is 0.168. The summed E-state index contributed by atoms with van der Waals surface area (Å²) in [5, 5.41) is 7.16. The summed E-state index contributed by atoms with van der Waals surface area (Å²) in [6, 6.07) is 18.4. The molecule has 0 heterocycles. The number of hydrogen-bond donors (Lipinski definition) is 3. The van der Waals surface area contributed by atoms with E-state index in [4.69, 9.17) is 10.5 Å². The highest BCUT2D eigenvalue weighted by Crippen LogP contribution is 2.16. The van der Waals surface area contributed by atoms with Gasteiger partial charge >= 0.3 is 0 Å². The highest BCUT2D eigenvalue weighted by molar-refractivity contribution is 5.75. The fraction of sp³-hybridized carbons (Fsp3) is 0.381. The molecule has 0 fully saturated rings. The van der Waals surface area contributed by atoms with Gasteiger partial charge in [0.05, 0.1) is 0 Å². The van der Waals surface area contributed by atoms with Crippen LogP contribution in [0.15, 0.2) is 54.6 Å². The minimum absolute atomic E-state index is 0.0419. The van der Waals surface area contributed by atoms with Crippen LogP contribution < -0.4 is 21.1 Å². The zero-order chi connectivity index (χ0) is 19.0. The molecular formula is C21H29N3O2. The lowest BCUT2D eigenvalue weighted by molar-refractivity contribution is -0.119. The largest absolute Gasteiger partial charge is 0.484 e. The average molecular weight is 355 g/mol. The van der Waals surface area contributed by atoms with Crippen LogP contribution in [0.5, 0.6) is 5.75 Å². The Morgan fingerprint density at radius 1 is 1.12 bits per heavy atom. The van der Waals surface area contributed by atoms with Gasteiger partial charge in [0.2, 0.25) is 0 Å². The van der Waals surface area contributed by atoms with Gasteiger partial charge < -0.3 is 21.1 Å². The van der Waals surface area contributed by atoms with Crippen LogP contribution in [0.2, 0.25) is 0 Å². The summed E-state index contributed by atoms with van der Waals surface area (Å²) in [4.78, 5) is 10.7. The number of carbonyl (C=O) groups is 1.